The van der Waals surface area contributed by atoms with Gasteiger partial charge in [-0.25, -0.2) is 10.8 Å². The van der Waals surface area contributed by atoms with Crippen molar-refractivity contribution >= 4 is 11.8 Å². The summed E-state index contributed by atoms with van der Waals surface area (Å²) in [5.41, 5.74) is 3.58. The van der Waals surface area contributed by atoms with Crippen LogP contribution in [0.25, 0.3) is 0 Å². The molecule has 3 N–H and O–H groups in total. The summed E-state index contributed by atoms with van der Waals surface area (Å²) in [6, 6.07) is 0.661. The number of hydrogen-bond acceptors (Lipinski definition) is 5. The smallest absolute Gasteiger partial charge is 0.239 e. The number of hydrogen-bond donors (Lipinski definition) is 2. The summed E-state index contributed by atoms with van der Waals surface area (Å²) in [6.45, 7) is 5.16. The minimum absolute atomic E-state index is 0.481. The van der Waals surface area contributed by atoms with Crippen LogP contribution >= 0.6 is 0 Å². The first-order valence-corrected chi connectivity index (χ1v) is 5.33. The lowest BCUT2D eigenvalue weighted by atomic mass is 10.3. The van der Waals surface area contributed by atoms with Crippen LogP contribution in [0.1, 0.15) is 25.3 Å². The quantitative estimate of drug-likeness (QED) is 0.571. The van der Waals surface area contributed by atoms with E-state index in [1.54, 1.807) is 0 Å². The molecule has 1 heterocycles. The SMILES string of the molecule is CCN(c1nc(NN)ncc1C)C1CC1. The largest absolute Gasteiger partial charge is 0.354 e. The zero-order chi connectivity index (χ0) is 10.8. The van der Waals surface area contributed by atoms with Gasteiger partial charge in [0.25, 0.3) is 0 Å². The van der Waals surface area contributed by atoms with E-state index < -0.39 is 0 Å². The van der Waals surface area contributed by atoms with Crippen LogP contribution < -0.4 is 16.2 Å². The average molecular weight is 207 g/mol. The Hall–Kier alpha value is -1.36. The Morgan fingerprint density at radius 2 is 2.33 bits per heavy atom. The zero-order valence-electron chi connectivity index (χ0n) is 9.20. The highest BCUT2D eigenvalue weighted by atomic mass is 15.3. The average Bonchev–Trinajstić information content (AvgIpc) is 3.06. The lowest BCUT2D eigenvalue weighted by Gasteiger charge is -2.23. The Morgan fingerprint density at radius 3 is 2.87 bits per heavy atom. The van der Waals surface area contributed by atoms with E-state index in [0.29, 0.717) is 12.0 Å². The van der Waals surface area contributed by atoms with Gasteiger partial charge in [-0.15, -0.1) is 0 Å². The van der Waals surface area contributed by atoms with Gasteiger partial charge in [0, 0.05) is 24.3 Å². The molecule has 1 fully saturated rings. The molecule has 0 bridgehead atoms. The number of nitrogen functional groups attached to an aromatic ring is 1. The number of aryl methyl sites for hydroxylation is 1. The van der Waals surface area contributed by atoms with Crippen molar-refractivity contribution in [1.82, 2.24) is 9.97 Å². The standard InChI is InChI=1S/C10H17N5/c1-3-15(8-4-5-8)9-7(2)6-12-10(13-9)14-11/h6,8H,3-5,11H2,1-2H3,(H,12,13,14). The number of anilines is 2. The third-order valence-electron chi connectivity index (χ3n) is 2.67. The number of rotatable bonds is 4. The maximum atomic E-state index is 5.31. The summed E-state index contributed by atoms with van der Waals surface area (Å²) >= 11 is 0. The number of nitrogens with zero attached hydrogens (tertiary/aromatic N) is 3. The highest BCUT2D eigenvalue weighted by molar-refractivity contribution is 5.50. The van der Waals surface area contributed by atoms with Crippen molar-refractivity contribution in [3.63, 3.8) is 0 Å². The third kappa shape index (κ3) is 2.02. The van der Waals surface area contributed by atoms with Gasteiger partial charge in [0.1, 0.15) is 5.82 Å². The molecule has 0 aliphatic heterocycles. The number of nitrogens with two attached hydrogens (primary N) is 1. The van der Waals surface area contributed by atoms with Gasteiger partial charge in [0.05, 0.1) is 0 Å². The van der Waals surface area contributed by atoms with Gasteiger partial charge in [0.15, 0.2) is 0 Å². The first kappa shape index (κ1) is 10.2. The Balaban J connectivity index is 2.31. The molecule has 1 aromatic heterocycles. The molecule has 0 unspecified atom stereocenters. The molecule has 1 aliphatic rings. The van der Waals surface area contributed by atoms with Crippen LogP contribution in [-0.2, 0) is 0 Å². The van der Waals surface area contributed by atoms with Crippen LogP contribution in [0.2, 0.25) is 0 Å². The van der Waals surface area contributed by atoms with Crippen LogP contribution in [0.5, 0.6) is 0 Å². The minimum atomic E-state index is 0.481. The van der Waals surface area contributed by atoms with Crippen LogP contribution in [0.3, 0.4) is 0 Å². The topological polar surface area (TPSA) is 67.1 Å². The molecule has 1 aromatic rings. The first-order valence-electron chi connectivity index (χ1n) is 5.33. The van der Waals surface area contributed by atoms with Crippen molar-refractivity contribution < 1.29 is 0 Å². The van der Waals surface area contributed by atoms with Gasteiger partial charge >= 0.3 is 0 Å². The maximum Gasteiger partial charge on any atom is 0.239 e. The van der Waals surface area contributed by atoms with Gasteiger partial charge in [-0.3, -0.25) is 5.43 Å². The molecule has 5 heteroatoms. The lowest BCUT2D eigenvalue weighted by molar-refractivity contribution is 0.800. The molecular weight excluding hydrogens is 190 g/mol. The van der Waals surface area contributed by atoms with E-state index in [2.05, 4.69) is 27.2 Å². The molecule has 0 aromatic carbocycles. The maximum absolute atomic E-state index is 5.31. The molecular formula is C10H17N5. The Bertz CT molecular complexity index is 348. The molecule has 0 atom stereocenters. The third-order valence-corrected chi connectivity index (χ3v) is 2.67. The summed E-state index contributed by atoms with van der Waals surface area (Å²) in [5, 5.41) is 0. The Kier molecular flexibility index (Phi) is 2.73. The summed E-state index contributed by atoms with van der Waals surface area (Å²) in [7, 11) is 0. The van der Waals surface area contributed by atoms with Gasteiger partial charge < -0.3 is 4.90 Å². The monoisotopic (exact) mass is 207 g/mol. The van der Waals surface area contributed by atoms with Crippen molar-refractivity contribution in [2.24, 2.45) is 5.84 Å². The van der Waals surface area contributed by atoms with Gasteiger partial charge in [-0.2, -0.15) is 4.98 Å². The number of aromatic nitrogens is 2. The molecule has 0 radical (unpaired) electrons. The lowest BCUT2D eigenvalue weighted by Crippen LogP contribution is -2.27. The number of nitrogens with one attached hydrogen (secondary N) is 1. The fourth-order valence-corrected chi connectivity index (χ4v) is 1.76. The second-order valence-corrected chi connectivity index (χ2v) is 3.86. The highest BCUT2D eigenvalue weighted by Crippen LogP contribution is 2.31. The highest BCUT2D eigenvalue weighted by Gasteiger charge is 2.29. The van der Waals surface area contributed by atoms with Crippen LogP contribution in [0.15, 0.2) is 6.20 Å². The van der Waals surface area contributed by atoms with Gasteiger partial charge in [-0.05, 0) is 26.7 Å². The molecule has 1 aliphatic carbocycles. The molecule has 0 amide bonds. The molecule has 0 saturated heterocycles. The van der Waals surface area contributed by atoms with Crippen molar-refractivity contribution in [3.05, 3.63) is 11.8 Å². The Morgan fingerprint density at radius 1 is 1.60 bits per heavy atom. The summed E-state index contributed by atoms with van der Waals surface area (Å²) in [4.78, 5) is 10.8. The molecule has 2 rings (SSSR count). The van der Waals surface area contributed by atoms with E-state index >= 15 is 0 Å². The van der Waals surface area contributed by atoms with E-state index in [0.717, 1.165) is 17.9 Å². The fourth-order valence-electron chi connectivity index (χ4n) is 1.76. The zero-order valence-corrected chi connectivity index (χ0v) is 9.20. The van der Waals surface area contributed by atoms with Crippen LogP contribution in [0.4, 0.5) is 11.8 Å². The van der Waals surface area contributed by atoms with Crippen molar-refractivity contribution in [2.45, 2.75) is 32.7 Å². The van der Waals surface area contributed by atoms with Gasteiger partial charge in [-0.1, -0.05) is 0 Å². The van der Waals surface area contributed by atoms with E-state index in [9.17, 15) is 0 Å². The van der Waals surface area contributed by atoms with Crippen molar-refractivity contribution in [2.75, 3.05) is 16.9 Å². The van der Waals surface area contributed by atoms with Gasteiger partial charge in [0.2, 0.25) is 5.95 Å². The Labute approximate surface area is 89.7 Å². The molecule has 82 valence electrons. The van der Waals surface area contributed by atoms with E-state index in [-0.39, 0.29) is 0 Å². The van der Waals surface area contributed by atoms with Crippen LogP contribution in [-0.4, -0.2) is 22.6 Å². The second-order valence-electron chi connectivity index (χ2n) is 3.86. The molecule has 5 nitrogen and oxygen atoms in total. The van der Waals surface area contributed by atoms with Crippen LogP contribution in [0, 0.1) is 6.92 Å². The molecule has 15 heavy (non-hydrogen) atoms. The fraction of sp³-hybridized carbons (Fsp3) is 0.600. The second kappa shape index (κ2) is 4.02. The summed E-state index contributed by atoms with van der Waals surface area (Å²) < 4.78 is 0. The molecule has 0 spiro atoms. The minimum Gasteiger partial charge on any atom is -0.354 e. The summed E-state index contributed by atoms with van der Waals surface area (Å²) in [6.07, 6.45) is 4.34. The van der Waals surface area contributed by atoms with E-state index in [1.807, 2.05) is 13.1 Å². The van der Waals surface area contributed by atoms with Crippen molar-refractivity contribution in [3.8, 4) is 0 Å². The van der Waals surface area contributed by atoms with Crippen molar-refractivity contribution in [1.29, 1.82) is 0 Å². The molecule has 1 saturated carbocycles. The van der Waals surface area contributed by atoms with E-state index in [1.165, 1.54) is 12.8 Å². The predicted octanol–water partition coefficient (Wildman–Crippen LogP) is 1.06. The predicted molar refractivity (Wildman–Crippen MR) is 60.6 cm³/mol. The summed E-state index contributed by atoms with van der Waals surface area (Å²) in [5.74, 6) is 6.79. The first-order chi connectivity index (χ1) is 7.26. The van der Waals surface area contributed by atoms with E-state index in [4.69, 9.17) is 5.84 Å². The number of hydrazine groups is 1. The normalized spacial score (nSPS) is 15.1.